The Kier molecular flexibility index (Phi) is 6.96. The van der Waals surface area contributed by atoms with Crippen molar-refractivity contribution in [2.45, 2.75) is 91.4 Å². The highest BCUT2D eigenvalue weighted by molar-refractivity contribution is 5.83. The molecule has 1 heteroatoms. The zero-order valence-corrected chi connectivity index (χ0v) is 12.8. The maximum atomic E-state index is 11.7. The summed E-state index contributed by atoms with van der Waals surface area (Å²) in [6.07, 6.45) is 14.6. The van der Waals surface area contributed by atoms with E-state index in [0.717, 1.165) is 18.8 Å². The highest BCUT2D eigenvalue weighted by Gasteiger charge is 2.19. The van der Waals surface area contributed by atoms with Crippen LogP contribution in [0.5, 0.6) is 0 Å². The smallest absolute Gasteiger partial charge is 0.138 e. The predicted octanol–water partition coefficient (Wildman–Crippen LogP) is 5.52. The fourth-order valence-electron chi connectivity index (χ4n) is 2.92. The van der Waals surface area contributed by atoms with Crippen molar-refractivity contribution >= 4 is 5.78 Å². The van der Waals surface area contributed by atoms with Crippen LogP contribution in [0, 0.1) is 11.3 Å². The second-order valence-corrected chi connectivity index (χ2v) is 7.13. The molecule has 0 atom stereocenters. The van der Waals surface area contributed by atoms with Crippen LogP contribution in [-0.4, -0.2) is 5.78 Å². The van der Waals surface area contributed by atoms with E-state index >= 15 is 0 Å². The van der Waals surface area contributed by atoms with Gasteiger partial charge < -0.3 is 0 Å². The molecule has 0 aliphatic heterocycles. The van der Waals surface area contributed by atoms with E-state index in [4.69, 9.17) is 0 Å². The van der Waals surface area contributed by atoms with Crippen LogP contribution >= 0.6 is 0 Å². The molecule has 1 aliphatic rings. The molecule has 0 bridgehead atoms. The maximum absolute atomic E-state index is 11.7. The minimum absolute atomic E-state index is 0.136. The van der Waals surface area contributed by atoms with Crippen LogP contribution in [0.15, 0.2) is 0 Å². The molecule has 1 aliphatic carbocycles. The van der Waals surface area contributed by atoms with E-state index in [0.29, 0.717) is 5.78 Å². The molecule has 1 fully saturated rings. The quantitative estimate of drug-likeness (QED) is 0.520. The molecule has 0 saturated heterocycles. The van der Waals surface area contributed by atoms with Crippen molar-refractivity contribution in [3.8, 4) is 0 Å². The van der Waals surface area contributed by atoms with Crippen LogP contribution in [0.4, 0.5) is 0 Å². The average molecular weight is 252 g/mol. The minimum Gasteiger partial charge on any atom is -0.299 e. The largest absolute Gasteiger partial charge is 0.299 e. The van der Waals surface area contributed by atoms with E-state index in [1.807, 2.05) is 20.8 Å². The van der Waals surface area contributed by atoms with Gasteiger partial charge >= 0.3 is 0 Å². The first-order chi connectivity index (χ1) is 8.50. The average Bonchev–Trinajstić information content (AvgIpc) is 2.79. The van der Waals surface area contributed by atoms with Crippen molar-refractivity contribution in [2.75, 3.05) is 0 Å². The molecule has 0 N–H and O–H groups in total. The van der Waals surface area contributed by atoms with Gasteiger partial charge in [-0.2, -0.15) is 0 Å². The van der Waals surface area contributed by atoms with Gasteiger partial charge in [0.2, 0.25) is 0 Å². The van der Waals surface area contributed by atoms with Gasteiger partial charge in [-0.25, -0.2) is 0 Å². The Hall–Kier alpha value is -0.330. The summed E-state index contributed by atoms with van der Waals surface area (Å²) in [5, 5.41) is 0. The van der Waals surface area contributed by atoms with Crippen LogP contribution < -0.4 is 0 Å². The van der Waals surface area contributed by atoms with Gasteiger partial charge in [0.25, 0.3) is 0 Å². The van der Waals surface area contributed by atoms with Gasteiger partial charge in [-0.15, -0.1) is 0 Å². The molecule has 0 heterocycles. The van der Waals surface area contributed by atoms with Crippen LogP contribution in [-0.2, 0) is 4.79 Å². The molecule has 18 heavy (non-hydrogen) atoms. The summed E-state index contributed by atoms with van der Waals surface area (Å²) >= 11 is 0. The Bertz CT molecular complexity index is 230. The molecular formula is C17H32O. The Morgan fingerprint density at radius 1 is 0.944 bits per heavy atom. The molecule has 0 aromatic heterocycles. The van der Waals surface area contributed by atoms with E-state index in [-0.39, 0.29) is 5.41 Å². The molecule has 0 aromatic rings. The maximum Gasteiger partial charge on any atom is 0.138 e. The second-order valence-electron chi connectivity index (χ2n) is 7.13. The third kappa shape index (κ3) is 6.56. The fourth-order valence-corrected chi connectivity index (χ4v) is 2.92. The molecule has 106 valence electrons. The molecule has 0 spiro atoms. The lowest BCUT2D eigenvalue weighted by molar-refractivity contribution is -0.126. The summed E-state index contributed by atoms with van der Waals surface area (Å²) < 4.78 is 0. The van der Waals surface area contributed by atoms with Gasteiger partial charge in [0.1, 0.15) is 5.78 Å². The van der Waals surface area contributed by atoms with Gasteiger partial charge in [0, 0.05) is 11.8 Å². The van der Waals surface area contributed by atoms with E-state index in [2.05, 4.69) is 0 Å². The van der Waals surface area contributed by atoms with Crippen molar-refractivity contribution in [2.24, 2.45) is 11.3 Å². The number of hydrogen-bond acceptors (Lipinski definition) is 1. The van der Waals surface area contributed by atoms with E-state index in [1.54, 1.807) is 0 Å². The topological polar surface area (TPSA) is 17.1 Å². The van der Waals surface area contributed by atoms with Gasteiger partial charge in [0.05, 0.1) is 0 Å². The summed E-state index contributed by atoms with van der Waals surface area (Å²) in [5.41, 5.74) is -0.136. The highest BCUT2D eigenvalue weighted by Crippen LogP contribution is 2.29. The molecule has 0 amide bonds. The summed E-state index contributed by atoms with van der Waals surface area (Å²) in [6, 6.07) is 0. The SMILES string of the molecule is CC(C)(C)C(=O)CCCCCCCC1CCCC1. The molecule has 1 nitrogen and oxygen atoms in total. The number of unbranched alkanes of at least 4 members (excludes halogenated alkanes) is 4. The summed E-state index contributed by atoms with van der Waals surface area (Å²) in [7, 11) is 0. The third-order valence-electron chi connectivity index (χ3n) is 4.33. The van der Waals surface area contributed by atoms with Crippen molar-refractivity contribution in [1.29, 1.82) is 0 Å². The number of carbonyl (C=O) groups excluding carboxylic acids is 1. The fraction of sp³-hybridized carbons (Fsp3) is 0.941. The summed E-state index contributed by atoms with van der Waals surface area (Å²) in [6.45, 7) is 6.07. The summed E-state index contributed by atoms with van der Waals surface area (Å²) in [5.74, 6) is 1.47. The minimum atomic E-state index is -0.136. The van der Waals surface area contributed by atoms with Crippen molar-refractivity contribution in [1.82, 2.24) is 0 Å². The Balaban J connectivity index is 1.88. The van der Waals surface area contributed by atoms with Crippen molar-refractivity contribution in [3.63, 3.8) is 0 Å². The van der Waals surface area contributed by atoms with Crippen molar-refractivity contribution in [3.05, 3.63) is 0 Å². The lowest BCUT2D eigenvalue weighted by atomic mass is 9.87. The van der Waals surface area contributed by atoms with Gasteiger partial charge in [0.15, 0.2) is 0 Å². The lowest BCUT2D eigenvalue weighted by Gasteiger charge is -2.16. The van der Waals surface area contributed by atoms with E-state index < -0.39 is 0 Å². The number of rotatable bonds is 8. The molecular weight excluding hydrogens is 220 g/mol. The zero-order chi connectivity index (χ0) is 13.4. The first-order valence-corrected chi connectivity index (χ1v) is 8.03. The van der Waals surface area contributed by atoms with Gasteiger partial charge in [-0.1, -0.05) is 78.6 Å². The molecule has 1 rings (SSSR count). The molecule has 0 radical (unpaired) electrons. The first kappa shape index (κ1) is 15.7. The number of ketones is 1. The van der Waals surface area contributed by atoms with Gasteiger partial charge in [-0.3, -0.25) is 4.79 Å². The molecule has 0 unspecified atom stereocenters. The Labute approximate surface area is 114 Å². The molecule has 0 aromatic carbocycles. The number of carbonyl (C=O) groups is 1. The van der Waals surface area contributed by atoms with Crippen LogP contribution in [0.1, 0.15) is 91.4 Å². The first-order valence-electron chi connectivity index (χ1n) is 8.03. The summed E-state index contributed by atoms with van der Waals surface area (Å²) in [4.78, 5) is 11.7. The van der Waals surface area contributed by atoms with Crippen LogP contribution in [0.25, 0.3) is 0 Å². The third-order valence-corrected chi connectivity index (χ3v) is 4.33. The number of Topliss-reactive ketones (excluding diaryl/α,β-unsaturated/α-hetero) is 1. The Morgan fingerprint density at radius 2 is 1.50 bits per heavy atom. The second kappa shape index (κ2) is 7.96. The van der Waals surface area contributed by atoms with Crippen molar-refractivity contribution < 1.29 is 4.79 Å². The normalized spacial score (nSPS) is 17.3. The Morgan fingerprint density at radius 3 is 2.11 bits per heavy atom. The van der Waals surface area contributed by atoms with Gasteiger partial charge in [-0.05, 0) is 12.3 Å². The highest BCUT2D eigenvalue weighted by atomic mass is 16.1. The van der Waals surface area contributed by atoms with Crippen LogP contribution in [0.2, 0.25) is 0 Å². The standard InChI is InChI=1S/C17H32O/c1-17(2,3)16(18)14-8-6-4-5-7-11-15-12-9-10-13-15/h15H,4-14H2,1-3H3. The zero-order valence-electron chi connectivity index (χ0n) is 12.8. The van der Waals surface area contributed by atoms with Crippen LogP contribution in [0.3, 0.4) is 0 Å². The lowest BCUT2D eigenvalue weighted by Crippen LogP contribution is -2.19. The monoisotopic (exact) mass is 252 g/mol. The number of hydrogen-bond donors (Lipinski definition) is 0. The van der Waals surface area contributed by atoms with E-state index in [1.165, 1.54) is 57.8 Å². The molecule has 1 saturated carbocycles. The predicted molar refractivity (Wildman–Crippen MR) is 78.7 cm³/mol. The van der Waals surface area contributed by atoms with E-state index in [9.17, 15) is 4.79 Å².